The number of hydrogen-bond acceptors (Lipinski definition) is 2. The molecule has 0 spiro atoms. The Balaban J connectivity index is 2.23. The van der Waals surface area contributed by atoms with Gasteiger partial charge in [0, 0.05) is 18.7 Å². The number of halogens is 2. The fraction of sp³-hybridized carbons (Fsp3) is 0.133. The molecule has 0 atom stereocenters. The van der Waals surface area contributed by atoms with Crippen LogP contribution in [0.2, 0.25) is 0 Å². The standard InChI is InChI=1S/C15H13F2N3/c16-11-6-5-10(9-12(11)17)15-19-13-3-1-2-4-14(13)20(15)8-7-18/h1-6,9H,7-8,18H2. The maximum Gasteiger partial charge on any atom is 0.159 e. The summed E-state index contributed by atoms with van der Waals surface area (Å²) in [5, 5.41) is 0. The van der Waals surface area contributed by atoms with E-state index in [9.17, 15) is 8.78 Å². The average molecular weight is 273 g/mol. The predicted octanol–water partition coefficient (Wildman–Crippen LogP) is 2.94. The van der Waals surface area contributed by atoms with Crippen molar-refractivity contribution in [2.75, 3.05) is 6.54 Å². The molecule has 0 saturated carbocycles. The molecule has 1 aromatic heterocycles. The predicted molar refractivity (Wildman–Crippen MR) is 74.1 cm³/mol. The van der Waals surface area contributed by atoms with Gasteiger partial charge in [-0.3, -0.25) is 0 Å². The fourth-order valence-corrected chi connectivity index (χ4v) is 2.29. The molecule has 3 aromatic rings. The molecule has 0 aliphatic carbocycles. The van der Waals surface area contributed by atoms with Crippen LogP contribution in [0.4, 0.5) is 8.78 Å². The second kappa shape index (κ2) is 5.02. The lowest BCUT2D eigenvalue weighted by molar-refractivity contribution is 0.509. The minimum Gasteiger partial charge on any atom is -0.329 e. The van der Waals surface area contributed by atoms with E-state index in [0.717, 1.165) is 23.2 Å². The number of para-hydroxylation sites is 2. The highest BCUT2D eigenvalue weighted by Crippen LogP contribution is 2.25. The van der Waals surface area contributed by atoms with E-state index in [0.29, 0.717) is 24.5 Å². The summed E-state index contributed by atoms with van der Waals surface area (Å²) in [6.07, 6.45) is 0. The molecule has 1 heterocycles. The van der Waals surface area contributed by atoms with Gasteiger partial charge in [0.25, 0.3) is 0 Å². The number of nitrogens with two attached hydrogens (primary N) is 1. The SMILES string of the molecule is NCCn1c(-c2ccc(F)c(F)c2)nc2ccccc21. The van der Waals surface area contributed by atoms with E-state index >= 15 is 0 Å². The normalized spacial score (nSPS) is 11.2. The highest BCUT2D eigenvalue weighted by Gasteiger charge is 2.13. The van der Waals surface area contributed by atoms with Crippen molar-refractivity contribution in [3.05, 3.63) is 54.1 Å². The summed E-state index contributed by atoms with van der Waals surface area (Å²) in [5.41, 5.74) is 7.90. The smallest absolute Gasteiger partial charge is 0.159 e. The molecular weight excluding hydrogens is 260 g/mol. The van der Waals surface area contributed by atoms with E-state index < -0.39 is 11.6 Å². The molecule has 0 bridgehead atoms. The zero-order chi connectivity index (χ0) is 14.1. The first-order valence-corrected chi connectivity index (χ1v) is 6.31. The van der Waals surface area contributed by atoms with Gasteiger partial charge in [-0.2, -0.15) is 0 Å². The Hall–Kier alpha value is -2.27. The molecule has 0 fully saturated rings. The molecule has 0 saturated heterocycles. The molecule has 0 amide bonds. The zero-order valence-electron chi connectivity index (χ0n) is 10.7. The van der Waals surface area contributed by atoms with Gasteiger partial charge in [-0.05, 0) is 30.3 Å². The van der Waals surface area contributed by atoms with Gasteiger partial charge in [-0.25, -0.2) is 13.8 Å². The van der Waals surface area contributed by atoms with Crippen LogP contribution in [0.3, 0.4) is 0 Å². The van der Waals surface area contributed by atoms with Crippen molar-refractivity contribution in [1.82, 2.24) is 9.55 Å². The first-order valence-electron chi connectivity index (χ1n) is 6.31. The number of imidazole rings is 1. The average Bonchev–Trinajstić information content (AvgIpc) is 2.82. The minimum atomic E-state index is -0.881. The van der Waals surface area contributed by atoms with Crippen molar-refractivity contribution in [3.8, 4) is 11.4 Å². The van der Waals surface area contributed by atoms with Gasteiger partial charge in [-0.1, -0.05) is 12.1 Å². The molecule has 3 nitrogen and oxygen atoms in total. The first-order chi connectivity index (χ1) is 9.70. The Morgan fingerprint density at radius 2 is 1.85 bits per heavy atom. The van der Waals surface area contributed by atoms with E-state index in [4.69, 9.17) is 5.73 Å². The molecule has 3 rings (SSSR count). The van der Waals surface area contributed by atoms with E-state index in [1.165, 1.54) is 6.07 Å². The van der Waals surface area contributed by atoms with E-state index in [2.05, 4.69) is 4.98 Å². The maximum absolute atomic E-state index is 13.4. The van der Waals surface area contributed by atoms with Gasteiger partial charge in [-0.15, -0.1) is 0 Å². The molecule has 2 N–H and O–H groups in total. The molecule has 0 unspecified atom stereocenters. The van der Waals surface area contributed by atoms with Crippen molar-refractivity contribution in [3.63, 3.8) is 0 Å². The van der Waals surface area contributed by atoms with Crippen LogP contribution in [-0.2, 0) is 6.54 Å². The third-order valence-electron chi connectivity index (χ3n) is 3.19. The molecule has 5 heteroatoms. The Morgan fingerprint density at radius 3 is 2.60 bits per heavy atom. The monoisotopic (exact) mass is 273 g/mol. The van der Waals surface area contributed by atoms with Crippen molar-refractivity contribution in [2.45, 2.75) is 6.54 Å². The largest absolute Gasteiger partial charge is 0.329 e. The summed E-state index contributed by atoms with van der Waals surface area (Å²) in [6, 6.07) is 11.4. The van der Waals surface area contributed by atoms with Gasteiger partial charge in [0.15, 0.2) is 11.6 Å². The third kappa shape index (κ3) is 2.06. The second-order valence-corrected chi connectivity index (χ2v) is 4.49. The number of hydrogen-bond donors (Lipinski definition) is 1. The summed E-state index contributed by atoms with van der Waals surface area (Å²) in [4.78, 5) is 4.49. The third-order valence-corrected chi connectivity index (χ3v) is 3.19. The molecule has 0 radical (unpaired) electrons. The molecule has 2 aromatic carbocycles. The van der Waals surface area contributed by atoms with Gasteiger partial charge >= 0.3 is 0 Å². The van der Waals surface area contributed by atoms with E-state index in [-0.39, 0.29) is 0 Å². The van der Waals surface area contributed by atoms with Gasteiger partial charge in [0.2, 0.25) is 0 Å². The second-order valence-electron chi connectivity index (χ2n) is 4.49. The number of aromatic nitrogens is 2. The van der Waals surface area contributed by atoms with Gasteiger partial charge < -0.3 is 10.3 Å². The van der Waals surface area contributed by atoms with Gasteiger partial charge in [0.05, 0.1) is 11.0 Å². The lowest BCUT2D eigenvalue weighted by atomic mass is 10.2. The summed E-state index contributed by atoms with van der Waals surface area (Å²) >= 11 is 0. The molecule has 0 aliphatic rings. The van der Waals surface area contributed by atoms with Crippen LogP contribution < -0.4 is 5.73 Å². The summed E-state index contributed by atoms with van der Waals surface area (Å²) in [6.45, 7) is 1.01. The minimum absolute atomic E-state index is 0.441. The van der Waals surface area contributed by atoms with Crippen LogP contribution in [0.5, 0.6) is 0 Å². The Kier molecular flexibility index (Phi) is 3.20. The highest BCUT2D eigenvalue weighted by molar-refractivity contribution is 5.80. The van der Waals surface area contributed by atoms with Crippen molar-refractivity contribution >= 4 is 11.0 Å². The maximum atomic E-state index is 13.4. The van der Waals surface area contributed by atoms with Crippen LogP contribution in [0, 0.1) is 11.6 Å². The van der Waals surface area contributed by atoms with Gasteiger partial charge in [0.1, 0.15) is 5.82 Å². The summed E-state index contributed by atoms with van der Waals surface area (Å²) in [5.74, 6) is -1.15. The zero-order valence-corrected chi connectivity index (χ0v) is 10.7. The lowest BCUT2D eigenvalue weighted by Crippen LogP contribution is -2.11. The van der Waals surface area contributed by atoms with Crippen LogP contribution in [-0.4, -0.2) is 16.1 Å². The molecule has 102 valence electrons. The summed E-state index contributed by atoms with van der Waals surface area (Å²) in [7, 11) is 0. The van der Waals surface area contributed by atoms with Crippen LogP contribution >= 0.6 is 0 Å². The number of fused-ring (bicyclic) bond motifs is 1. The van der Waals surface area contributed by atoms with Crippen molar-refractivity contribution in [1.29, 1.82) is 0 Å². The van der Waals surface area contributed by atoms with E-state index in [1.807, 2.05) is 28.8 Å². The van der Waals surface area contributed by atoms with Crippen LogP contribution in [0.1, 0.15) is 0 Å². The Bertz CT molecular complexity index is 765. The van der Waals surface area contributed by atoms with Crippen LogP contribution in [0.15, 0.2) is 42.5 Å². The number of nitrogens with zero attached hydrogens (tertiary/aromatic N) is 2. The quantitative estimate of drug-likeness (QED) is 0.797. The number of rotatable bonds is 3. The first kappa shape index (κ1) is 12.7. The Labute approximate surface area is 114 Å². The van der Waals surface area contributed by atoms with Crippen LogP contribution in [0.25, 0.3) is 22.4 Å². The highest BCUT2D eigenvalue weighted by atomic mass is 19.2. The summed E-state index contributed by atoms with van der Waals surface area (Å²) < 4.78 is 28.4. The number of benzene rings is 2. The molecule has 0 aliphatic heterocycles. The topological polar surface area (TPSA) is 43.8 Å². The molecule has 20 heavy (non-hydrogen) atoms. The van der Waals surface area contributed by atoms with Crippen molar-refractivity contribution in [2.24, 2.45) is 5.73 Å². The van der Waals surface area contributed by atoms with Crippen molar-refractivity contribution < 1.29 is 8.78 Å². The van der Waals surface area contributed by atoms with E-state index in [1.54, 1.807) is 0 Å². The Morgan fingerprint density at radius 1 is 1.05 bits per heavy atom. The fourth-order valence-electron chi connectivity index (χ4n) is 2.29. The lowest BCUT2D eigenvalue weighted by Gasteiger charge is -2.08. The molecular formula is C15H13F2N3.